The second-order valence-electron chi connectivity index (χ2n) is 10.00. The fraction of sp³-hybridized carbons (Fsp3) is 0.433. The highest BCUT2D eigenvalue weighted by molar-refractivity contribution is 5.94. The molecule has 6 nitrogen and oxygen atoms in total. The second kappa shape index (κ2) is 11.8. The van der Waals surface area contributed by atoms with Gasteiger partial charge in [-0.1, -0.05) is 24.3 Å². The molecule has 5 rings (SSSR count). The number of nitrogens with one attached hydrogen (secondary N) is 1. The molecule has 36 heavy (non-hydrogen) atoms. The van der Waals surface area contributed by atoms with E-state index in [4.69, 9.17) is 9.47 Å². The van der Waals surface area contributed by atoms with Crippen molar-refractivity contribution in [3.05, 3.63) is 71.8 Å². The Bertz CT molecular complexity index is 1170. The molecule has 2 aliphatic rings. The summed E-state index contributed by atoms with van der Waals surface area (Å²) in [5.74, 6) is 1.63. The van der Waals surface area contributed by atoms with Gasteiger partial charge in [-0.05, 0) is 91.5 Å². The van der Waals surface area contributed by atoms with Crippen molar-refractivity contribution < 1.29 is 14.3 Å². The van der Waals surface area contributed by atoms with Gasteiger partial charge in [-0.25, -0.2) is 0 Å². The van der Waals surface area contributed by atoms with E-state index in [0.29, 0.717) is 11.3 Å². The van der Waals surface area contributed by atoms with Gasteiger partial charge in [0.05, 0.1) is 7.11 Å². The Labute approximate surface area is 214 Å². The maximum absolute atomic E-state index is 12.6. The molecule has 0 radical (unpaired) electrons. The van der Waals surface area contributed by atoms with Gasteiger partial charge >= 0.3 is 0 Å². The summed E-state index contributed by atoms with van der Waals surface area (Å²) in [6, 6.07) is 20.7. The molecule has 2 aliphatic heterocycles. The van der Waals surface area contributed by atoms with Crippen LogP contribution in [0.3, 0.4) is 0 Å². The topological polar surface area (TPSA) is 54.0 Å². The minimum Gasteiger partial charge on any atom is -0.497 e. The predicted molar refractivity (Wildman–Crippen MR) is 144 cm³/mol. The van der Waals surface area contributed by atoms with Crippen LogP contribution >= 0.6 is 0 Å². The molecule has 1 amide bonds. The second-order valence-corrected chi connectivity index (χ2v) is 10.00. The molecule has 0 saturated carbocycles. The highest BCUT2D eigenvalue weighted by atomic mass is 16.5. The summed E-state index contributed by atoms with van der Waals surface area (Å²) in [5.41, 5.74) is 1.96. The SMILES string of the molecule is COc1cccc(C(=O)NC2CCN(Cc3ccc4ccc(OCCN5CCCC5)cc4c3)CC2)c1. The molecule has 0 bridgehead atoms. The molecule has 0 aliphatic carbocycles. The number of carbonyl (C=O) groups excluding carboxylic acids is 1. The quantitative estimate of drug-likeness (QED) is 0.474. The van der Waals surface area contributed by atoms with Crippen molar-refractivity contribution in [1.29, 1.82) is 0 Å². The van der Waals surface area contributed by atoms with Gasteiger partial charge in [-0.3, -0.25) is 14.6 Å². The Kier molecular flexibility index (Phi) is 8.04. The van der Waals surface area contributed by atoms with E-state index in [0.717, 1.165) is 51.4 Å². The Morgan fingerprint density at radius 1 is 0.889 bits per heavy atom. The first kappa shape index (κ1) is 24.6. The number of fused-ring (bicyclic) bond motifs is 1. The van der Waals surface area contributed by atoms with Crippen LogP contribution < -0.4 is 14.8 Å². The molecule has 2 fully saturated rings. The molecule has 3 aromatic carbocycles. The van der Waals surface area contributed by atoms with Crippen LogP contribution in [0.15, 0.2) is 60.7 Å². The van der Waals surface area contributed by atoms with Crippen LogP contribution in [0.4, 0.5) is 0 Å². The Hall–Kier alpha value is -3.09. The fourth-order valence-electron chi connectivity index (χ4n) is 5.29. The van der Waals surface area contributed by atoms with Gasteiger partial charge in [-0.2, -0.15) is 0 Å². The number of likely N-dealkylation sites (tertiary alicyclic amines) is 2. The van der Waals surface area contributed by atoms with E-state index in [1.807, 2.05) is 18.2 Å². The maximum Gasteiger partial charge on any atom is 0.251 e. The lowest BCUT2D eigenvalue weighted by atomic mass is 10.0. The lowest BCUT2D eigenvalue weighted by molar-refractivity contribution is 0.0908. The molecule has 6 heteroatoms. The lowest BCUT2D eigenvalue weighted by Gasteiger charge is -2.32. The number of rotatable bonds is 9. The zero-order valence-electron chi connectivity index (χ0n) is 21.2. The average Bonchev–Trinajstić information content (AvgIpc) is 3.43. The number of benzene rings is 3. The number of piperidine rings is 1. The van der Waals surface area contributed by atoms with E-state index in [1.54, 1.807) is 13.2 Å². The third kappa shape index (κ3) is 6.37. The molecule has 3 aromatic rings. The summed E-state index contributed by atoms with van der Waals surface area (Å²) in [4.78, 5) is 17.6. The van der Waals surface area contributed by atoms with Gasteiger partial charge in [0.25, 0.3) is 5.91 Å². The smallest absolute Gasteiger partial charge is 0.251 e. The number of ether oxygens (including phenoxy) is 2. The van der Waals surface area contributed by atoms with Crippen LogP contribution in [0.5, 0.6) is 11.5 Å². The largest absolute Gasteiger partial charge is 0.497 e. The minimum absolute atomic E-state index is 0.0275. The average molecular weight is 488 g/mol. The van der Waals surface area contributed by atoms with Crippen LogP contribution in [-0.2, 0) is 6.54 Å². The van der Waals surface area contributed by atoms with E-state index in [-0.39, 0.29) is 11.9 Å². The Balaban J connectivity index is 1.11. The molecule has 190 valence electrons. The summed E-state index contributed by atoms with van der Waals surface area (Å²) < 4.78 is 11.3. The molecule has 0 spiro atoms. The number of hydrogen-bond acceptors (Lipinski definition) is 5. The predicted octanol–water partition coefficient (Wildman–Crippen LogP) is 4.72. The minimum atomic E-state index is -0.0275. The van der Waals surface area contributed by atoms with Gasteiger partial charge in [0.15, 0.2) is 0 Å². The van der Waals surface area contributed by atoms with Crippen molar-refractivity contribution in [2.75, 3.05) is 46.4 Å². The molecule has 0 aromatic heterocycles. The van der Waals surface area contributed by atoms with Gasteiger partial charge in [0.2, 0.25) is 0 Å². The summed E-state index contributed by atoms with van der Waals surface area (Å²) in [6.07, 6.45) is 4.54. The van der Waals surface area contributed by atoms with Gasteiger partial charge < -0.3 is 14.8 Å². The molecule has 2 heterocycles. The van der Waals surface area contributed by atoms with Crippen molar-refractivity contribution >= 4 is 16.7 Å². The summed E-state index contributed by atoms with van der Waals surface area (Å²) >= 11 is 0. The van der Waals surface area contributed by atoms with Crippen LogP contribution in [0.1, 0.15) is 41.6 Å². The maximum atomic E-state index is 12.6. The van der Waals surface area contributed by atoms with Crippen molar-refractivity contribution in [3.63, 3.8) is 0 Å². The molecular formula is C30H37N3O3. The number of amides is 1. The third-order valence-electron chi connectivity index (χ3n) is 7.41. The molecule has 2 saturated heterocycles. The number of nitrogens with zero attached hydrogens (tertiary/aromatic N) is 2. The highest BCUT2D eigenvalue weighted by Gasteiger charge is 2.21. The summed E-state index contributed by atoms with van der Waals surface area (Å²) in [7, 11) is 1.62. The van der Waals surface area contributed by atoms with E-state index in [1.165, 1.54) is 42.3 Å². The molecule has 0 unspecified atom stereocenters. The Morgan fingerprint density at radius 3 is 2.50 bits per heavy atom. The van der Waals surface area contributed by atoms with E-state index in [2.05, 4.69) is 51.5 Å². The van der Waals surface area contributed by atoms with E-state index >= 15 is 0 Å². The van der Waals surface area contributed by atoms with Gasteiger partial charge in [-0.15, -0.1) is 0 Å². The van der Waals surface area contributed by atoms with Crippen molar-refractivity contribution in [2.24, 2.45) is 0 Å². The molecular weight excluding hydrogens is 450 g/mol. The first-order valence-corrected chi connectivity index (χ1v) is 13.2. The first-order valence-electron chi connectivity index (χ1n) is 13.2. The normalized spacial score (nSPS) is 17.4. The van der Waals surface area contributed by atoms with Crippen LogP contribution in [0.25, 0.3) is 10.8 Å². The standard InChI is InChI=1S/C30H37N3O3/c1-35-28-6-4-5-25(20-28)30(34)31-27-11-15-33(16-12-27)22-23-7-8-24-9-10-29(21-26(24)19-23)36-18-17-32-13-2-3-14-32/h4-10,19-21,27H,2-3,11-18,22H2,1H3,(H,31,34). The number of methoxy groups -OCH3 is 1. The summed E-state index contributed by atoms with van der Waals surface area (Å²) in [5, 5.41) is 5.67. The van der Waals surface area contributed by atoms with Crippen molar-refractivity contribution in [1.82, 2.24) is 15.1 Å². The fourth-order valence-corrected chi connectivity index (χ4v) is 5.29. The van der Waals surface area contributed by atoms with E-state index in [9.17, 15) is 4.79 Å². The Morgan fingerprint density at radius 2 is 1.69 bits per heavy atom. The zero-order chi connectivity index (χ0) is 24.7. The molecule has 1 N–H and O–H groups in total. The monoisotopic (exact) mass is 487 g/mol. The van der Waals surface area contributed by atoms with Crippen molar-refractivity contribution in [3.8, 4) is 11.5 Å². The molecule has 0 atom stereocenters. The van der Waals surface area contributed by atoms with Crippen LogP contribution in [0.2, 0.25) is 0 Å². The lowest BCUT2D eigenvalue weighted by Crippen LogP contribution is -2.44. The van der Waals surface area contributed by atoms with Gasteiger partial charge in [0, 0.05) is 37.8 Å². The van der Waals surface area contributed by atoms with Crippen LogP contribution in [-0.4, -0.2) is 68.2 Å². The van der Waals surface area contributed by atoms with Crippen molar-refractivity contribution in [2.45, 2.75) is 38.3 Å². The first-order chi connectivity index (χ1) is 17.7. The van der Waals surface area contributed by atoms with E-state index < -0.39 is 0 Å². The number of hydrogen-bond donors (Lipinski definition) is 1. The third-order valence-corrected chi connectivity index (χ3v) is 7.41. The zero-order valence-corrected chi connectivity index (χ0v) is 21.2. The summed E-state index contributed by atoms with van der Waals surface area (Å²) in [6.45, 7) is 7.03. The van der Waals surface area contributed by atoms with Gasteiger partial charge in [0.1, 0.15) is 18.1 Å². The highest BCUT2D eigenvalue weighted by Crippen LogP contribution is 2.24. The number of carbonyl (C=O) groups is 1. The van der Waals surface area contributed by atoms with Crippen LogP contribution in [0, 0.1) is 0 Å².